The Morgan fingerprint density at radius 2 is 1.95 bits per heavy atom. The summed E-state index contributed by atoms with van der Waals surface area (Å²) in [4.78, 5) is 2.58. The van der Waals surface area contributed by atoms with Crippen LogP contribution in [0.3, 0.4) is 0 Å². The number of nitrogens with zero attached hydrogens (tertiary/aromatic N) is 1. The van der Waals surface area contributed by atoms with Crippen molar-refractivity contribution in [3.8, 4) is 5.75 Å². The molecular formula is C19H25NO. The maximum atomic E-state index is 10.3. The number of phenolic OH excluding ortho intramolecular Hbond substituents is 1. The highest BCUT2D eigenvalue weighted by Gasteiger charge is 2.21. The van der Waals surface area contributed by atoms with E-state index in [0.717, 1.165) is 18.7 Å². The molecule has 2 aromatic rings. The Hall–Kier alpha value is -1.54. The zero-order valence-electron chi connectivity index (χ0n) is 12.9. The van der Waals surface area contributed by atoms with Crippen LogP contribution in [0, 0.1) is 0 Å². The van der Waals surface area contributed by atoms with Gasteiger partial charge >= 0.3 is 0 Å². The normalized spacial score (nSPS) is 20.5. The van der Waals surface area contributed by atoms with Gasteiger partial charge in [-0.05, 0) is 42.6 Å². The number of benzene rings is 2. The third-order valence-electron chi connectivity index (χ3n) is 4.85. The number of rotatable bonds is 3. The summed E-state index contributed by atoms with van der Waals surface area (Å²) < 4.78 is 0. The standard InChI is InChI=1S/C19H25NO/c1-2-16-9-4-3-7-13-20(16)14-18-17-10-6-5-8-15(17)11-12-19(18)21/h5-6,8,10-12,16,21H,2-4,7,9,13-14H2,1H3. The summed E-state index contributed by atoms with van der Waals surface area (Å²) in [5.41, 5.74) is 1.09. The van der Waals surface area contributed by atoms with Crippen LogP contribution in [0.1, 0.15) is 44.6 Å². The molecule has 0 aromatic heterocycles. The molecule has 0 spiro atoms. The molecule has 1 heterocycles. The molecule has 1 atom stereocenters. The first-order chi connectivity index (χ1) is 10.3. The van der Waals surface area contributed by atoms with Gasteiger partial charge in [-0.1, -0.05) is 50.1 Å². The van der Waals surface area contributed by atoms with Gasteiger partial charge < -0.3 is 5.11 Å². The molecule has 1 aliphatic rings. The Morgan fingerprint density at radius 1 is 1.10 bits per heavy atom. The molecular weight excluding hydrogens is 258 g/mol. The largest absolute Gasteiger partial charge is 0.508 e. The molecule has 2 nitrogen and oxygen atoms in total. The van der Waals surface area contributed by atoms with Crippen LogP contribution in [-0.2, 0) is 6.54 Å². The van der Waals surface area contributed by atoms with Crippen molar-refractivity contribution in [2.45, 2.75) is 51.6 Å². The van der Waals surface area contributed by atoms with Crippen molar-refractivity contribution in [2.75, 3.05) is 6.54 Å². The Morgan fingerprint density at radius 3 is 2.81 bits per heavy atom. The van der Waals surface area contributed by atoms with E-state index in [2.05, 4.69) is 36.1 Å². The Kier molecular flexibility index (Phi) is 4.45. The minimum Gasteiger partial charge on any atom is -0.508 e. The highest BCUT2D eigenvalue weighted by Crippen LogP contribution is 2.30. The molecule has 1 N–H and O–H groups in total. The number of phenols is 1. The first-order valence-electron chi connectivity index (χ1n) is 8.23. The van der Waals surface area contributed by atoms with Gasteiger partial charge in [0.2, 0.25) is 0 Å². The van der Waals surface area contributed by atoms with Gasteiger partial charge in [0.1, 0.15) is 5.75 Å². The first-order valence-corrected chi connectivity index (χ1v) is 8.23. The number of hydrogen-bond donors (Lipinski definition) is 1. The lowest BCUT2D eigenvalue weighted by Crippen LogP contribution is -2.33. The first kappa shape index (κ1) is 14.4. The third-order valence-corrected chi connectivity index (χ3v) is 4.85. The van der Waals surface area contributed by atoms with E-state index < -0.39 is 0 Å². The summed E-state index contributed by atoms with van der Waals surface area (Å²) >= 11 is 0. The lowest BCUT2D eigenvalue weighted by atomic mass is 10.0. The van der Waals surface area contributed by atoms with Crippen molar-refractivity contribution in [3.05, 3.63) is 42.0 Å². The summed E-state index contributed by atoms with van der Waals surface area (Å²) in [6.45, 7) is 4.30. The Bertz CT molecular complexity index is 608. The quantitative estimate of drug-likeness (QED) is 0.882. The molecule has 112 valence electrons. The van der Waals surface area contributed by atoms with Crippen molar-refractivity contribution in [3.63, 3.8) is 0 Å². The lowest BCUT2D eigenvalue weighted by Gasteiger charge is -2.29. The van der Waals surface area contributed by atoms with E-state index in [0.29, 0.717) is 11.8 Å². The average Bonchev–Trinajstić information content (AvgIpc) is 2.75. The molecule has 0 amide bonds. The fourth-order valence-electron chi connectivity index (χ4n) is 3.60. The van der Waals surface area contributed by atoms with Crippen molar-refractivity contribution in [2.24, 2.45) is 0 Å². The highest BCUT2D eigenvalue weighted by molar-refractivity contribution is 5.87. The molecule has 3 rings (SSSR count). The number of fused-ring (bicyclic) bond motifs is 1. The van der Waals surface area contributed by atoms with E-state index in [1.54, 1.807) is 0 Å². The van der Waals surface area contributed by atoms with Crippen molar-refractivity contribution in [1.82, 2.24) is 4.90 Å². The molecule has 1 saturated heterocycles. The molecule has 1 unspecified atom stereocenters. The van der Waals surface area contributed by atoms with Crippen LogP contribution < -0.4 is 0 Å². The van der Waals surface area contributed by atoms with Crippen LogP contribution in [0.15, 0.2) is 36.4 Å². The van der Waals surface area contributed by atoms with Crippen LogP contribution in [0.5, 0.6) is 5.75 Å². The van der Waals surface area contributed by atoms with Gasteiger partial charge in [-0.3, -0.25) is 4.90 Å². The summed E-state index contributed by atoms with van der Waals surface area (Å²) in [5, 5.41) is 12.7. The summed E-state index contributed by atoms with van der Waals surface area (Å²) in [5.74, 6) is 0.438. The van der Waals surface area contributed by atoms with Crippen molar-refractivity contribution in [1.29, 1.82) is 0 Å². The highest BCUT2D eigenvalue weighted by atomic mass is 16.3. The zero-order valence-corrected chi connectivity index (χ0v) is 12.9. The summed E-state index contributed by atoms with van der Waals surface area (Å²) in [6.07, 6.45) is 6.46. The molecule has 2 aromatic carbocycles. The molecule has 2 heteroatoms. The van der Waals surface area contributed by atoms with E-state index >= 15 is 0 Å². The fraction of sp³-hybridized carbons (Fsp3) is 0.474. The molecule has 0 saturated carbocycles. The van der Waals surface area contributed by atoms with E-state index in [4.69, 9.17) is 0 Å². The predicted octanol–water partition coefficient (Wildman–Crippen LogP) is 4.70. The predicted molar refractivity (Wildman–Crippen MR) is 88.6 cm³/mol. The number of hydrogen-bond acceptors (Lipinski definition) is 2. The number of aromatic hydroxyl groups is 1. The van der Waals surface area contributed by atoms with Gasteiger partial charge in [-0.15, -0.1) is 0 Å². The van der Waals surface area contributed by atoms with E-state index in [1.165, 1.54) is 42.9 Å². The molecule has 1 aliphatic heterocycles. The third kappa shape index (κ3) is 3.06. The van der Waals surface area contributed by atoms with Crippen molar-refractivity contribution >= 4 is 10.8 Å². The van der Waals surface area contributed by atoms with Crippen LogP contribution in [0.25, 0.3) is 10.8 Å². The number of likely N-dealkylation sites (tertiary alicyclic amines) is 1. The van der Waals surface area contributed by atoms with Crippen LogP contribution >= 0.6 is 0 Å². The lowest BCUT2D eigenvalue weighted by molar-refractivity contribution is 0.185. The zero-order chi connectivity index (χ0) is 14.7. The second-order valence-electron chi connectivity index (χ2n) is 6.17. The Balaban J connectivity index is 1.94. The van der Waals surface area contributed by atoms with Crippen LogP contribution in [-0.4, -0.2) is 22.6 Å². The molecule has 1 fully saturated rings. The average molecular weight is 283 g/mol. The van der Waals surface area contributed by atoms with Gasteiger partial charge in [-0.25, -0.2) is 0 Å². The van der Waals surface area contributed by atoms with E-state index in [9.17, 15) is 5.11 Å². The van der Waals surface area contributed by atoms with Gasteiger partial charge in [0.25, 0.3) is 0 Å². The second-order valence-corrected chi connectivity index (χ2v) is 6.17. The fourth-order valence-corrected chi connectivity index (χ4v) is 3.60. The van der Waals surface area contributed by atoms with Gasteiger partial charge in [0.05, 0.1) is 0 Å². The van der Waals surface area contributed by atoms with Crippen LogP contribution in [0.2, 0.25) is 0 Å². The van der Waals surface area contributed by atoms with Crippen molar-refractivity contribution < 1.29 is 5.11 Å². The van der Waals surface area contributed by atoms with Gasteiger partial charge in [0, 0.05) is 18.2 Å². The van der Waals surface area contributed by atoms with E-state index in [1.807, 2.05) is 12.1 Å². The monoisotopic (exact) mass is 283 g/mol. The van der Waals surface area contributed by atoms with Crippen LogP contribution in [0.4, 0.5) is 0 Å². The molecule has 21 heavy (non-hydrogen) atoms. The van der Waals surface area contributed by atoms with Gasteiger partial charge in [-0.2, -0.15) is 0 Å². The summed E-state index contributed by atoms with van der Waals surface area (Å²) in [6, 6.07) is 12.9. The van der Waals surface area contributed by atoms with E-state index in [-0.39, 0.29) is 0 Å². The topological polar surface area (TPSA) is 23.5 Å². The summed E-state index contributed by atoms with van der Waals surface area (Å²) in [7, 11) is 0. The molecule has 0 radical (unpaired) electrons. The maximum Gasteiger partial charge on any atom is 0.120 e. The second kappa shape index (κ2) is 6.48. The minimum atomic E-state index is 0.438. The van der Waals surface area contributed by atoms with Gasteiger partial charge in [0.15, 0.2) is 0 Å². The maximum absolute atomic E-state index is 10.3. The minimum absolute atomic E-state index is 0.438. The smallest absolute Gasteiger partial charge is 0.120 e. The molecule has 0 bridgehead atoms. The molecule has 0 aliphatic carbocycles. The SMILES string of the molecule is CCC1CCCCCN1Cc1c(O)ccc2ccccc12. The Labute approximate surface area is 127 Å².